The smallest absolute Gasteiger partial charge is 0.225 e. The number of hydrogen-bond donors (Lipinski definition) is 0. The summed E-state index contributed by atoms with van der Waals surface area (Å²) in [5.41, 5.74) is 1.36. The zero-order chi connectivity index (χ0) is 29.7. The Kier molecular flexibility index (Phi) is 9.64. The molecule has 2 atom stereocenters. The Labute approximate surface area is 257 Å². The third-order valence-corrected chi connectivity index (χ3v) is 8.08. The maximum Gasteiger partial charge on any atom is 0.225 e. The molecule has 0 spiro atoms. The molecule has 42 heavy (non-hydrogen) atoms. The van der Waals surface area contributed by atoms with Gasteiger partial charge < -0.3 is 33.3 Å². The number of carbonyl (C=O) groups is 1. The topological polar surface area (TPSA) is 78.3 Å². The van der Waals surface area contributed by atoms with Crippen LogP contribution in [0, 0.1) is 0 Å². The molecule has 9 nitrogen and oxygen atoms in total. The maximum atomic E-state index is 12.8. The summed E-state index contributed by atoms with van der Waals surface area (Å²) < 4.78 is 26.4. The molecule has 226 valence electrons. The quantitative estimate of drug-likeness (QED) is 0.286. The first-order valence-electron chi connectivity index (χ1n) is 14.3. The van der Waals surface area contributed by atoms with E-state index in [-0.39, 0.29) is 12.0 Å². The number of anilines is 1. The van der Waals surface area contributed by atoms with E-state index in [1.165, 1.54) is 0 Å². The van der Waals surface area contributed by atoms with Gasteiger partial charge in [-0.15, -0.1) is 0 Å². The van der Waals surface area contributed by atoms with Crippen molar-refractivity contribution in [1.82, 2.24) is 14.5 Å². The van der Waals surface area contributed by atoms with Crippen LogP contribution >= 0.6 is 23.2 Å². The van der Waals surface area contributed by atoms with Gasteiger partial charge in [0.1, 0.15) is 18.5 Å². The molecule has 11 heteroatoms. The number of benzene rings is 2. The number of nitrogens with zero attached hydrogens (tertiary/aromatic N) is 4. The zero-order valence-electron chi connectivity index (χ0n) is 24.3. The van der Waals surface area contributed by atoms with E-state index >= 15 is 0 Å². The van der Waals surface area contributed by atoms with Gasteiger partial charge in [-0.05, 0) is 57.2 Å². The highest BCUT2D eigenvalue weighted by molar-refractivity contribution is 6.35. The fourth-order valence-corrected chi connectivity index (χ4v) is 6.00. The summed E-state index contributed by atoms with van der Waals surface area (Å²) in [7, 11) is 0. The van der Waals surface area contributed by atoms with E-state index < -0.39 is 11.4 Å². The first-order chi connectivity index (χ1) is 20.2. The first-order valence-corrected chi connectivity index (χ1v) is 15.0. The lowest BCUT2D eigenvalue weighted by molar-refractivity contribution is -0.189. The lowest BCUT2D eigenvalue weighted by Crippen LogP contribution is -2.50. The molecule has 1 amide bonds. The van der Waals surface area contributed by atoms with Gasteiger partial charge in [0, 0.05) is 61.5 Å². The second-order valence-corrected chi connectivity index (χ2v) is 12.0. The highest BCUT2D eigenvalue weighted by atomic mass is 35.5. The number of rotatable bonds is 11. The van der Waals surface area contributed by atoms with E-state index in [2.05, 4.69) is 9.88 Å². The summed E-state index contributed by atoms with van der Waals surface area (Å²) in [6.07, 6.45) is 5.36. The minimum absolute atomic E-state index is 0.141. The lowest BCUT2D eigenvalue weighted by Gasteiger charge is -2.37. The highest BCUT2D eigenvalue weighted by Gasteiger charge is 2.45. The average molecular weight is 618 g/mol. The van der Waals surface area contributed by atoms with Crippen molar-refractivity contribution in [3.8, 4) is 5.75 Å². The summed E-state index contributed by atoms with van der Waals surface area (Å²) in [4.78, 5) is 21.1. The van der Waals surface area contributed by atoms with Crippen molar-refractivity contribution < 1.29 is 23.7 Å². The number of carbonyl (C=O) groups excluding carboxylic acids is 1. The van der Waals surface area contributed by atoms with Gasteiger partial charge >= 0.3 is 0 Å². The summed E-state index contributed by atoms with van der Waals surface area (Å²) in [6.45, 7) is 10.5. The molecule has 0 bridgehead atoms. The molecule has 0 radical (unpaired) electrons. The second kappa shape index (κ2) is 13.2. The fraction of sp³-hybridized carbons (Fsp3) is 0.484. The standard InChI is InChI=1S/C31H38Cl2N4O5/c1-4-40-30(2,3)18-29(38)37-15-13-36(14-16-37)24-6-8-25(9-7-24)39-19-26-20-41-31(42-26,21-35-12-11-34-22-35)27-10-5-23(32)17-28(27)33/h5-12,17,22,26H,4,13-16,18-21H2,1-3H3/t26-,31-/m0/s1. The minimum atomic E-state index is -1.09. The highest BCUT2D eigenvalue weighted by Crippen LogP contribution is 2.40. The molecule has 2 aromatic carbocycles. The van der Waals surface area contributed by atoms with Crippen molar-refractivity contribution in [3.05, 3.63) is 76.8 Å². The van der Waals surface area contributed by atoms with E-state index in [9.17, 15) is 4.79 Å². The van der Waals surface area contributed by atoms with Gasteiger partial charge in [-0.2, -0.15) is 0 Å². The van der Waals surface area contributed by atoms with E-state index in [1.54, 1.807) is 24.7 Å². The van der Waals surface area contributed by atoms with E-state index in [0.29, 0.717) is 61.5 Å². The number of aromatic nitrogens is 2. The third kappa shape index (κ3) is 7.38. The van der Waals surface area contributed by atoms with Crippen molar-refractivity contribution in [2.75, 3.05) is 50.9 Å². The van der Waals surface area contributed by atoms with Crippen molar-refractivity contribution in [2.24, 2.45) is 0 Å². The van der Waals surface area contributed by atoms with Crippen molar-refractivity contribution in [2.45, 2.75) is 51.2 Å². The molecule has 0 saturated carbocycles. The molecular formula is C31H38Cl2N4O5. The molecule has 2 aliphatic heterocycles. The average Bonchev–Trinajstić information content (AvgIpc) is 3.62. The van der Waals surface area contributed by atoms with Crippen molar-refractivity contribution in [3.63, 3.8) is 0 Å². The Morgan fingerprint density at radius 1 is 1.12 bits per heavy atom. The number of hydrogen-bond acceptors (Lipinski definition) is 7. The van der Waals surface area contributed by atoms with Crippen LogP contribution in [0.4, 0.5) is 5.69 Å². The van der Waals surface area contributed by atoms with Crippen LogP contribution in [-0.2, 0) is 31.3 Å². The van der Waals surface area contributed by atoms with Crippen LogP contribution < -0.4 is 9.64 Å². The number of ether oxygens (including phenoxy) is 4. The van der Waals surface area contributed by atoms with E-state index in [4.69, 9.17) is 42.1 Å². The molecule has 1 aromatic heterocycles. The first kappa shape index (κ1) is 30.6. The molecule has 5 rings (SSSR count). The Morgan fingerprint density at radius 3 is 2.55 bits per heavy atom. The van der Waals surface area contributed by atoms with Crippen LogP contribution in [0.1, 0.15) is 32.8 Å². The predicted octanol–water partition coefficient (Wildman–Crippen LogP) is 5.39. The molecular weight excluding hydrogens is 579 g/mol. The van der Waals surface area contributed by atoms with Crippen molar-refractivity contribution >= 4 is 34.8 Å². The van der Waals surface area contributed by atoms with Gasteiger partial charge in [0.2, 0.25) is 11.7 Å². The lowest BCUT2D eigenvalue weighted by atomic mass is 10.0. The van der Waals surface area contributed by atoms with Crippen LogP contribution in [0.3, 0.4) is 0 Å². The molecule has 2 aliphatic rings. The predicted molar refractivity (Wildman–Crippen MR) is 162 cm³/mol. The molecule has 3 heterocycles. The van der Waals surface area contributed by atoms with Crippen LogP contribution in [0.5, 0.6) is 5.75 Å². The number of halogens is 2. The summed E-state index contributed by atoms with van der Waals surface area (Å²) >= 11 is 12.7. The largest absolute Gasteiger partial charge is 0.491 e. The molecule has 2 fully saturated rings. The molecule has 2 saturated heterocycles. The van der Waals surface area contributed by atoms with Crippen LogP contribution in [0.25, 0.3) is 0 Å². The summed E-state index contributed by atoms with van der Waals surface area (Å²) in [5.74, 6) is -0.212. The normalized spacial score (nSPS) is 21.1. The van der Waals surface area contributed by atoms with Gasteiger partial charge in [-0.25, -0.2) is 4.98 Å². The fourth-order valence-electron chi connectivity index (χ4n) is 5.45. The summed E-state index contributed by atoms with van der Waals surface area (Å²) in [6, 6.07) is 13.3. The summed E-state index contributed by atoms with van der Waals surface area (Å²) in [5, 5.41) is 1.01. The monoisotopic (exact) mass is 616 g/mol. The van der Waals surface area contributed by atoms with E-state index in [1.807, 2.05) is 66.8 Å². The Bertz CT molecular complexity index is 1330. The Balaban J connectivity index is 1.14. The SMILES string of the molecule is CCOC(C)(C)CC(=O)N1CCN(c2ccc(OC[C@H]3CO[C@](Cn4ccnc4)(c4ccc(Cl)cc4Cl)O3)cc2)CC1. The third-order valence-electron chi connectivity index (χ3n) is 7.53. The number of piperazine rings is 1. The molecule has 3 aromatic rings. The molecule has 0 aliphatic carbocycles. The molecule has 0 unspecified atom stereocenters. The van der Waals surface area contributed by atoms with Crippen LogP contribution in [0.2, 0.25) is 10.0 Å². The van der Waals surface area contributed by atoms with Gasteiger partial charge in [-0.3, -0.25) is 4.79 Å². The maximum absolute atomic E-state index is 12.8. The minimum Gasteiger partial charge on any atom is -0.491 e. The van der Waals surface area contributed by atoms with Crippen molar-refractivity contribution in [1.29, 1.82) is 0 Å². The van der Waals surface area contributed by atoms with Gasteiger partial charge in [0.15, 0.2) is 0 Å². The van der Waals surface area contributed by atoms with E-state index in [0.717, 1.165) is 24.5 Å². The second-order valence-electron chi connectivity index (χ2n) is 11.2. The number of amides is 1. The number of imidazole rings is 1. The van der Waals surface area contributed by atoms with Gasteiger partial charge in [0.05, 0.1) is 36.5 Å². The Morgan fingerprint density at radius 2 is 1.88 bits per heavy atom. The Hall–Kier alpha value is -2.82. The molecule has 0 N–H and O–H groups in total. The van der Waals surface area contributed by atoms with Crippen LogP contribution in [0.15, 0.2) is 61.2 Å². The van der Waals surface area contributed by atoms with Crippen LogP contribution in [-0.4, -0.2) is 78.1 Å². The van der Waals surface area contributed by atoms with Gasteiger partial charge in [-0.1, -0.05) is 29.3 Å². The zero-order valence-corrected chi connectivity index (χ0v) is 25.8. The van der Waals surface area contributed by atoms with Gasteiger partial charge in [0.25, 0.3) is 0 Å².